The lowest BCUT2D eigenvalue weighted by atomic mass is 9.95. The van der Waals surface area contributed by atoms with Crippen LogP contribution in [0.3, 0.4) is 0 Å². The minimum Gasteiger partial charge on any atom is -0.496 e. The van der Waals surface area contributed by atoms with Crippen LogP contribution in [-0.4, -0.2) is 30.0 Å². The number of hydrogen-bond acceptors (Lipinski definition) is 4. The number of rotatable bonds is 6. The van der Waals surface area contributed by atoms with Crippen molar-refractivity contribution in [3.8, 4) is 5.75 Å². The van der Waals surface area contributed by atoms with Crippen molar-refractivity contribution in [2.45, 2.75) is 39.0 Å². The molecule has 0 bridgehead atoms. The average molecular weight is 426 g/mol. The zero-order valence-corrected chi connectivity index (χ0v) is 18.4. The monoisotopic (exact) mass is 425 g/mol. The predicted molar refractivity (Wildman–Crippen MR) is 121 cm³/mol. The molecule has 0 aliphatic heterocycles. The van der Waals surface area contributed by atoms with E-state index in [-0.39, 0.29) is 11.8 Å². The molecule has 0 radical (unpaired) electrons. The Balaban J connectivity index is 1.70. The summed E-state index contributed by atoms with van der Waals surface area (Å²) in [6, 6.07) is 7.59. The number of ether oxygens (including phenoxy) is 1. The van der Waals surface area contributed by atoms with Gasteiger partial charge in [-0.3, -0.25) is 9.59 Å². The van der Waals surface area contributed by atoms with Crippen LogP contribution in [0.2, 0.25) is 0 Å². The Kier molecular flexibility index (Phi) is 5.81. The van der Waals surface area contributed by atoms with E-state index in [2.05, 4.69) is 10.6 Å². The molecule has 0 unspecified atom stereocenters. The number of carbonyl (C=O) groups excluding carboxylic acids is 2. The Morgan fingerprint density at radius 3 is 2.77 bits per heavy atom. The van der Waals surface area contributed by atoms with Gasteiger partial charge in [-0.1, -0.05) is 13.0 Å². The molecular formula is C23H27N3O3S. The van der Waals surface area contributed by atoms with Gasteiger partial charge in [0.2, 0.25) is 0 Å². The van der Waals surface area contributed by atoms with Gasteiger partial charge in [0.05, 0.1) is 18.2 Å². The SMILES string of the molecule is CCCNC(=O)c1c(NC(=O)c2cc3c(OC)cccc3n2C)sc2c1CCCC2. The number of aromatic nitrogens is 1. The van der Waals surface area contributed by atoms with E-state index in [9.17, 15) is 9.59 Å². The van der Waals surface area contributed by atoms with Gasteiger partial charge in [0, 0.05) is 23.9 Å². The molecule has 4 rings (SSSR count). The molecular weight excluding hydrogens is 398 g/mol. The van der Waals surface area contributed by atoms with Crippen molar-refractivity contribution in [3.05, 3.63) is 46.0 Å². The Hall–Kier alpha value is -2.80. The molecule has 2 amide bonds. The maximum absolute atomic E-state index is 13.2. The van der Waals surface area contributed by atoms with Crippen LogP contribution in [0.4, 0.5) is 5.00 Å². The Morgan fingerprint density at radius 2 is 2.00 bits per heavy atom. The van der Waals surface area contributed by atoms with E-state index in [1.54, 1.807) is 18.4 Å². The number of methoxy groups -OCH3 is 1. The van der Waals surface area contributed by atoms with Gasteiger partial charge in [-0.15, -0.1) is 11.3 Å². The summed E-state index contributed by atoms with van der Waals surface area (Å²) in [5.41, 5.74) is 3.20. The summed E-state index contributed by atoms with van der Waals surface area (Å²) in [5.74, 6) is 0.414. The third-order valence-electron chi connectivity index (χ3n) is 5.66. The minimum atomic E-state index is -0.223. The van der Waals surface area contributed by atoms with Gasteiger partial charge in [0.25, 0.3) is 11.8 Å². The molecule has 2 heterocycles. The second kappa shape index (κ2) is 8.52. The van der Waals surface area contributed by atoms with Crippen molar-refractivity contribution in [1.82, 2.24) is 9.88 Å². The molecule has 158 valence electrons. The number of fused-ring (bicyclic) bond motifs is 2. The van der Waals surface area contributed by atoms with E-state index < -0.39 is 0 Å². The zero-order valence-electron chi connectivity index (χ0n) is 17.6. The van der Waals surface area contributed by atoms with Crippen LogP contribution in [0.1, 0.15) is 57.5 Å². The largest absolute Gasteiger partial charge is 0.496 e. The Bertz CT molecular complexity index is 1110. The molecule has 7 heteroatoms. The maximum Gasteiger partial charge on any atom is 0.272 e. The van der Waals surface area contributed by atoms with Crippen molar-refractivity contribution < 1.29 is 14.3 Å². The lowest BCUT2D eigenvalue weighted by Gasteiger charge is -2.13. The van der Waals surface area contributed by atoms with E-state index in [0.717, 1.165) is 54.3 Å². The number of hydrogen-bond donors (Lipinski definition) is 2. The van der Waals surface area contributed by atoms with E-state index in [0.29, 0.717) is 22.8 Å². The average Bonchev–Trinajstić information content (AvgIpc) is 3.29. The highest BCUT2D eigenvalue weighted by atomic mass is 32.1. The topological polar surface area (TPSA) is 72.4 Å². The fraction of sp³-hybridized carbons (Fsp3) is 0.391. The zero-order chi connectivity index (χ0) is 21.3. The predicted octanol–water partition coefficient (Wildman–Crippen LogP) is 4.52. The number of benzene rings is 1. The first-order valence-corrected chi connectivity index (χ1v) is 11.2. The van der Waals surface area contributed by atoms with E-state index >= 15 is 0 Å². The van der Waals surface area contributed by atoms with Crippen LogP contribution in [0.25, 0.3) is 10.9 Å². The second-order valence-electron chi connectivity index (χ2n) is 7.61. The summed E-state index contributed by atoms with van der Waals surface area (Å²) in [7, 11) is 3.49. The maximum atomic E-state index is 13.2. The van der Waals surface area contributed by atoms with E-state index in [1.165, 1.54) is 4.88 Å². The van der Waals surface area contributed by atoms with Crippen molar-refractivity contribution in [3.63, 3.8) is 0 Å². The quantitative estimate of drug-likeness (QED) is 0.610. The Labute approximate surface area is 180 Å². The van der Waals surface area contributed by atoms with Crippen LogP contribution < -0.4 is 15.4 Å². The first kappa shape index (κ1) is 20.5. The van der Waals surface area contributed by atoms with Crippen LogP contribution in [0.5, 0.6) is 5.75 Å². The van der Waals surface area contributed by atoms with Crippen molar-refractivity contribution in [2.24, 2.45) is 7.05 Å². The third kappa shape index (κ3) is 3.58. The molecule has 6 nitrogen and oxygen atoms in total. The molecule has 0 saturated heterocycles. The number of thiophene rings is 1. The van der Waals surface area contributed by atoms with Crippen LogP contribution in [0, 0.1) is 0 Å². The minimum absolute atomic E-state index is 0.0924. The highest BCUT2D eigenvalue weighted by molar-refractivity contribution is 7.17. The summed E-state index contributed by atoms with van der Waals surface area (Å²) in [6.07, 6.45) is 4.93. The van der Waals surface area contributed by atoms with E-state index in [4.69, 9.17) is 4.74 Å². The lowest BCUT2D eigenvalue weighted by Crippen LogP contribution is -2.26. The molecule has 30 heavy (non-hydrogen) atoms. The molecule has 1 aliphatic carbocycles. The summed E-state index contributed by atoms with van der Waals surface area (Å²) in [5, 5.41) is 7.56. The van der Waals surface area contributed by atoms with Crippen molar-refractivity contribution in [2.75, 3.05) is 19.0 Å². The number of aryl methyl sites for hydroxylation is 2. The van der Waals surface area contributed by atoms with Crippen LogP contribution in [0.15, 0.2) is 24.3 Å². The van der Waals surface area contributed by atoms with Gasteiger partial charge in [-0.05, 0) is 55.9 Å². The molecule has 1 aliphatic rings. The number of carbonyl (C=O) groups is 2. The van der Waals surface area contributed by atoms with E-state index in [1.807, 2.05) is 42.8 Å². The highest BCUT2D eigenvalue weighted by Gasteiger charge is 2.27. The fourth-order valence-electron chi connectivity index (χ4n) is 4.12. The lowest BCUT2D eigenvalue weighted by molar-refractivity contribution is 0.0954. The van der Waals surface area contributed by atoms with Crippen molar-refractivity contribution >= 4 is 39.1 Å². The summed E-state index contributed by atoms with van der Waals surface area (Å²) in [4.78, 5) is 27.3. The van der Waals surface area contributed by atoms with Gasteiger partial charge < -0.3 is 19.9 Å². The number of nitrogens with zero attached hydrogens (tertiary/aromatic N) is 1. The molecule has 2 N–H and O–H groups in total. The molecule has 0 saturated carbocycles. The Morgan fingerprint density at radius 1 is 1.20 bits per heavy atom. The fourth-order valence-corrected chi connectivity index (χ4v) is 5.40. The summed E-state index contributed by atoms with van der Waals surface area (Å²) >= 11 is 1.54. The van der Waals surface area contributed by atoms with Crippen LogP contribution >= 0.6 is 11.3 Å². The number of anilines is 1. The molecule has 2 aromatic heterocycles. The first-order valence-electron chi connectivity index (χ1n) is 10.4. The van der Waals surface area contributed by atoms with Gasteiger partial charge >= 0.3 is 0 Å². The normalized spacial score (nSPS) is 13.2. The molecule has 0 spiro atoms. The number of amides is 2. The number of nitrogens with one attached hydrogen (secondary N) is 2. The van der Waals surface area contributed by atoms with Crippen molar-refractivity contribution in [1.29, 1.82) is 0 Å². The molecule has 1 aromatic carbocycles. The molecule has 3 aromatic rings. The smallest absolute Gasteiger partial charge is 0.272 e. The van der Waals surface area contributed by atoms with Gasteiger partial charge in [0.1, 0.15) is 16.4 Å². The summed E-state index contributed by atoms with van der Waals surface area (Å²) < 4.78 is 7.30. The molecule has 0 fully saturated rings. The third-order valence-corrected chi connectivity index (χ3v) is 6.87. The van der Waals surface area contributed by atoms with Gasteiger partial charge in [-0.2, -0.15) is 0 Å². The second-order valence-corrected chi connectivity index (χ2v) is 8.71. The molecule has 0 atom stereocenters. The van der Waals surface area contributed by atoms with Gasteiger partial charge in [0.15, 0.2) is 0 Å². The highest BCUT2D eigenvalue weighted by Crippen LogP contribution is 2.38. The van der Waals surface area contributed by atoms with Crippen LogP contribution in [-0.2, 0) is 19.9 Å². The van der Waals surface area contributed by atoms with Gasteiger partial charge in [-0.25, -0.2) is 0 Å². The standard InChI is InChI=1S/C23H27N3O3S/c1-4-12-24-22(28)20-14-8-5-6-11-19(14)30-23(20)25-21(27)17-13-15-16(26(17)2)9-7-10-18(15)29-3/h7,9-10,13H,4-6,8,11-12H2,1-3H3,(H,24,28)(H,25,27). The first-order chi connectivity index (χ1) is 14.5. The summed E-state index contributed by atoms with van der Waals surface area (Å²) in [6.45, 7) is 2.65.